The molecule has 0 saturated carbocycles. The molecule has 0 aliphatic carbocycles. The second kappa shape index (κ2) is 5.92. The highest BCUT2D eigenvalue weighted by atomic mass is 35.5. The fourth-order valence-corrected chi connectivity index (χ4v) is 1.29. The number of nitro groups is 2. The zero-order valence-corrected chi connectivity index (χ0v) is 9.72. The highest BCUT2D eigenvalue weighted by Gasteiger charge is 2.19. The van der Waals surface area contributed by atoms with Crippen molar-refractivity contribution in [2.45, 2.75) is 0 Å². The molecule has 0 fully saturated rings. The summed E-state index contributed by atoms with van der Waals surface area (Å²) in [5.74, 6) is -0.481. The number of non-ortho nitro benzene ring substituents is 2. The van der Waals surface area contributed by atoms with Crippen molar-refractivity contribution in [3.8, 4) is 0 Å². The molecule has 1 N–H and O–H groups in total. The Hall–Kier alpha value is -2.22. The topological polar surface area (TPSA) is 115 Å². The van der Waals surface area contributed by atoms with Gasteiger partial charge in [-0.05, 0) is 0 Å². The van der Waals surface area contributed by atoms with Crippen LogP contribution >= 0.6 is 11.6 Å². The summed E-state index contributed by atoms with van der Waals surface area (Å²) < 4.78 is 0. The lowest BCUT2D eigenvalue weighted by atomic mass is 10.1. The molecule has 1 rings (SSSR count). The number of hydrogen-bond acceptors (Lipinski definition) is 5. The van der Waals surface area contributed by atoms with Gasteiger partial charge in [0.1, 0.15) is 0 Å². The van der Waals surface area contributed by atoms with Gasteiger partial charge in [-0.2, -0.15) is 0 Å². The van der Waals surface area contributed by atoms with E-state index in [1.165, 1.54) is 0 Å². The van der Waals surface area contributed by atoms with Crippen LogP contribution in [-0.4, -0.2) is 28.2 Å². The molecule has 0 aliphatic rings. The lowest BCUT2D eigenvalue weighted by Gasteiger charge is -2.03. The maximum Gasteiger partial charge on any atom is 0.277 e. The Labute approximate surface area is 106 Å². The molecule has 0 radical (unpaired) electrons. The summed E-state index contributed by atoms with van der Waals surface area (Å²) in [5, 5.41) is 23.6. The van der Waals surface area contributed by atoms with E-state index in [2.05, 4.69) is 5.32 Å². The molecular weight excluding hydrogens is 266 g/mol. The van der Waals surface area contributed by atoms with E-state index in [-0.39, 0.29) is 18.0 Å². The lowest BCUT2D eigenvalue weighted by Crippen LogP contribution is -2.25. The van der Waals surface area contributed by atoms with Crippen molar-refractivity contribution in [1.29, 1.82) is 0 Å². The fraction of sp³-hybridized carbons (Fsp3) is 0.222. The van der Waals surface area contributed by atoms with Crippen LogP contribution in [0.5, 0.6) is 0 Å². The van der Waals surface area contributed by atoms with Gasteiger partial charge in [0.05, 0.1) is 21.5 Å². The summed E-state index contributed by atoms with van der Waals surface area (Å²) in [6.07, 6.45) is 0. The van der Waals surface area contributed by atoms with Crippen molar-refractivity contribution in [1.82, 2.24) is 5.32 Å². The number of benzene rings is 1. The van der Waals surface area contributed by atoms with Gasteiger partial charge in [0, 0.05) is 24.6 Å². The van der Waals surface area contributed by atoms with Gasteiger partial charge >= 0.3 is 0 Å². The normalized spacial score (nSPS) is 9.83. The van der Waals surface area contributed by atoms with Gasteiger partial charge < -0.3 is 5.32 Å². The zero-order chi connectivity index (χ0) is 13.7. The minimum atomic E-state index is -0.800. The second-order valence-electron chi connectivity index (χ2n) is 3.20. The Bertz CT molecular complexity index is 473. The Morgan fingerprint density at radius 2 is 1.67 bits per heavy atom. The zero-order valence-electron chi connectivity index (χ0n) is 8.96. The van der Waals surface area contributed by atoms with E-state index in [1.54, 1.807) is 0 Å². The van der Waals surface area contributed by atoms with E-state index in [0.717, 1.165) is 18.2 Å². The monoisotopic (exact) mass is 273 g/mol. The third-order valence-corrected chi connectivity index (χ3v) is 2.16. The largest absolute Gasteiger partial charge is 0.351 e. The van der Waals surface area contributed by atoms with Crippen LogP contribution in [0.3, 0.4) is 0 Å². The van der Waals surface area contributed by atoms with Crippen LogP contribution in [0.15, 0.2) is 18.2 Å². The van der Waals surface area contributed by atoms with Gasteiger partial charge in [-0.3, -0.25) is 25.0 Å². The standard InChI is InChI=1S/C9H8ClN3O5/c10-1-2-11-9(14)6-3-7(12(15)16)5-8(4-6)13(17)18/h3-5H,1-2H2,(H,11,14). The molecule has 0 bridgehead atoms. The van der Waals surface area contributed by atoms with Crippen LogP contribution in [-0.2, 0) is 0 Å². The molecule has 1 aromatic rings. The number of carbonyl (C=O) groups excluding carboxylic acids is 1. The third-order valence-electron chi connectivity index (χ3n) is 1.97. The molecule has 18 heavy (non-hydrogen) atoms. The summed E-state index contributed by atoms with van der Waals surface area (Å²) >= 11 is 5.37. The van der Waals surface area contributed by atoms with E-state index in [4.69, 9.17) is 11.6 Å². The molecule has 0 saturated heterocycles. The molecule has 0 spiro atoms. The first-order valence-electron chi connectivity index (χ1n) is 4.73. The second-order valence-corrected chi connectivity index (χ2v) is 3.58. The number of nitrogens with zero attached hydrogens (tertiary/aromatic N) is 2. The first-order valence-corrected chi connectivity index (χ1v) is 5.27. The predicted octanol–water partition coefficient (Wildman–Crippen LogP) is 1.47. The Balaban J connectivity index is 3.14. The average molecular weight is 274 g/mol. The van der Waals surface area contributed by atoms with Crippen molar-refractivity contribution in [2.24, 2.45) is 0 Å². The van der Waals surface area contributed by atoms with Gasteiger partial charge in [-0.25, -0.2) is 0 Å². The van der Waals surface area contributed by atoms with Gasteiger partial charge in [0.2, 0.25) is 0 Å². The van der Waals surface area contributed by atoms with Crippen molar-refractivity contribution >= 4 is 28.9 Å². The van der Waals surface area contributed by atoms with Crippen LogP contribution < -0.4 is 5.32 Å². The first kappa shape index (κ1) is 13.8. The highest BCUT2D eigenvalue weighted by molar-refractivity contribution is 6.18. The van der Waals surface area contributed by atoms with E-state index < -0.39 is 27.1 Å². The smallest absolute Gasteiger partial charge is 0.277 e. The summed E-state index contributed by atoms with van der Waals surface area (Å²) in [7, 11) is 0. The third kappa shape index (κ3) is 3.39. The molecule has 0 unspecified atom stereocenters. The number of hydrogen-bond donors (Lipinski definition) is 1. The highest BCUT2D eigenvalue weighted by Crippen LogP contribution is 2.22. The molecule has 0 heterocycles. The van der Waals surface area contributed by atoms with Gasteiger partial charge in [-0.1, -0.05) is 0 Å². The number of amides is 1. The lowest BCUT2D eigenvalue weighted by molar-refractivity contribution is -0.394. The SMILES string of the molecule is O=C(NCCCl)c1cc([N+](=O)[O-])cc([N+](=O)[O-])c1. The van der Waals surface area contributed by atoms with Crippen LogP contribution in [0.25, 0.3) is 0 Å². The van der Waals surface area contributed by atoms with E-state index >= 15 is 0 Å². The van der Waals surface area contributed by atoms with Crippen LogP contribution in [0.2, 0.25) is 0 Å². The summed E-state index contributed by atoms with van der Waals surface area (Å²) in [4.78, 5) is 31.1. The van der Waals surface area contributed by atoms with E-state index in [1.807, 2.05) is 0 Å². The number of rotatable bonds is 5. The Morgan fingerprint density at radius 1 is 1.17 bits per heavy atom. The molecule has 0 aliphatic heterocycles. The summed E-state index contributed by atoms with van der Waals surface area (Å²) in [6, 6.07) is 2.73. The van der Waals surface area contributed by atoms with Gasteiger partial charge in [0.15, 0.2) is 0 Å². The van der Waals surface area contributed by atoms with E-state index in [9.17, 15) is 25.0 Å². The fourth-order valence-electron chi connectivity index (χ4n) is 1.20. The molecule has 8 nitrogen and oxygen atoms in total. The van der Waals surface area contributed by atoms with Gasteiger partial charge in [0.25, 0.3) is 17.3 Å². The Morgan fingerprint density at radius 3 is 2.06 bits per heavy atom. The number of nitro benzene ring substituents is 2. The number of alkyl halides is 1. The van der Waals surface area contributed by atoms with Crippen molar-refractivity contribution in [3.63, 3.8) is 0 Å². The van der Waals surface area contributed by atoms with Crippen LogP contribution in [0.1, 0.15) is 10.4 Å². The quantitative estimate of drug-likeness (QED) is 0.495. The predicted molar refractivity (Wildman–Crippen MR) is 62.8 cm³/mol. The van der Waals surface area contributed by atoms with Gasteiger partial charge in [-0.15, -0.1) is 11.6 Å². The first-order chi connectivity index (χ1) is 8.45. The van der Waals surface area contributed by atoms with Crippen molar-refractivity contribution in [2.75, 3.05) is 12.4 Å². The minimum Gasteiger partial charge on any atom is -0.351 e. The molecule has 0 atom stereocenters. The Kier molecular flexibility index (Phi) is 4.55. The summed E-state index contributed by atoms with van der Waals surface area (Å²) in [5.41, 5.74) is -1.18. The number of nitrogens with one attached hydrogen (secondary N) is 1. The molecule has 96 valence electrons. The minimum absolute atomic E-state index is 0.152. The average Bonchev–Trinajstić information content (AvgIpc) is 2.35. The van der Waals surface area contributed by atoms with Crippen molar-refractivity contribution in [3.05, 3.63) is 44.0 Å². The van der Waals surface area contributed by atoms with E-state index in [0.29, 0.717) is 0 Å². The molecule has 1 amide bonds. The maximum atomic E-state index is 11.5. The van der Waals surface area contributed by atoms with Crippen molar-refractivity contribution < 1.29 is 14.6 Å². The molecule has 9 heteroatoms. The number of carbonyl (C=O) groups is 1. The molecular formula is C9H8ClN3O5. The van der Waals surface area contributed by atoms with Crippen LogP contribution in [0, 0.1) is 20.2 Å². The molecule has 1 aromatic carbocycles. The maximum absolute atomic E-state index is 11.5. The molecule has 0 aromatic heterocycles. The summed E-state index contributed by atoms with van der Waals surface area (Å²) in [6.45, 7) is 0.164. The number of halogens is 1. The van der Waals surface area contributed by atoms with Crippen LogP contribution in [0.4, 0.5) is 11.4 Å².